The normalized spacial score (nSPS) is 12.4. The highest BCUT2D eigenvalue weighted by Gasteiger charge is 2.14. The maximum Gasteiger partial charge on any atom is 0.123 e. The lowest BCUT2D eigenvalue weighted by atomic mass is 9.95. The SMILES string of the molecule is CNC(c1ccc(F)cc1)c1cc(Cl)ccc1C. The van der Waals surface area contributed by atoms with Crippen LogP contribution in [0.3, 0.4) is 0 Å². The van der Waals surface area contributed by atoms with E-state index in [9.17, 15) is 4.39 Å². The molecule has 2 aromatic rings. The minimum Gasteiger partial charge on any atom is -0.309 e. The van der Waals surface area contributed by atoms with E-state index in [2.05, 4.69) is 5.32 Å². The molecular formula is C15H15ClFN. The van der Waals surface area contributed by atoms with Crippen LogP contribution in [0.25, 0.3) is 0 Å². The number of nitrogens with one attached hydrogen (secondary N) is 1. The molecule has 2 rings (SSSR count). The lowest BCUT2D eigenvalue weighted by Crippen LogP contribution is -2.18. The van der Waals surface area contributed by atoms with Gasteiger partial charge in [0.05, 0.1) is 6.04 Å². The van der Waals surface area contributed by atoms with Crippen LogP contribution in [0.2, 0.25) is 5.02 Å². The predicted molar refractivity (Wildman–Crippen MR) is 73.5 cm³/mol. The lowest BCUT2D eigenvalue weighted by molar-refractivity contribution is 0.623. The van der Waals surface area contributed by atoms with Gasteiger partial charge in [-0.3, -0.25) is 0 Å². The second kappa shape index (κ2) is 5.51. The van der Waals surface area contributed by atoms with Gasteiger partial charge in [0.15, 0.2) is 0 Å². The molecule has 2 aromatic carbocycles. The van der Waals surface area contributed by atoms with Crippen LogP contribution in [0.4, 0.5) is 4.39 Å². The van der Waals surface area contributed by atoms with Crippen molar-refractivity contribution in [3.05, 3.63) is 70.0 Å². The fourth-order valence-corrected chi connectivity index (χ4v) is 2.26. The zero-order valence-electron chi connectivity index (χ0n) is 10.4. The van der Waals surface area contributed by atoms with E-state index in [-0.39, 0.29) is 11.9 Å². The summed E-state index contributed by atoms with van der Waals surface area (Å²) in [5.74, 6) is -0.226. The highest BCUT2D eigenvalue weighted by Crippen LogP contribution is 2.27. The molecule has 0 saturated carbocycles. The highest BCUT2D eigenvalue weighted by molar-refractivity contribution is 6.30. The van der Waals surface area contributed by atoms with Crippen LogP contribution in [-0.4, -0.2) is 7.05 Å². The van der Waals surface area contributed by atoms with E-state index >= 15 is 0 Å². The molecule has 0 saturated heterocycles. The Labute approximate surface area is 112 Å². The van der Waals surface area contributed by atoms with Crippen LogP contribution in [0.15, 0.2) is 42.5 Å². The van der Waals surface area contributed by atoms with Crippen LogP contribution in [0.1, 0.15) is 22.7 Å². The van der Waals surface area contributed by atoms with Crippen molar-refractivity contribution < 1.29 is 4.39 Å². The molecule has 18 heavy (non-hydrogen) atoms. The summed E-state index contributed by atoms with van der Waals surface area (Å²) >= 11 is 6.04. The zero-order valence-corrected chi connectivity index (χ0v) is 11.1. The van der Waals surface area contributed by atoms with Crippen molar-refractivity contribution in [2.75, 3.05) is 7.05 Å². The number of hydrogen-bond donors (Lipinski definition) is 1. The topological polar surface area (TPSA) is 12.0 Å². The molecule has 0 aliphatic heterocycles. The number of hydrogen-bond acceptors (Lipinski definition) is 1. The van der Waals surface area contributed by atoms with Gasteiger partial charge >= 0.3 is 0 Å². The van der Waals surface area contributed by atoms with Gasteiger partial charge in [-0.1, -0.05) is 29.8 Å². The number of aryl methyl sites for hydroxylation is 1. The van der Waals surface area contributed by atoms with Crippen molar-refractivity contribution in [2.45, 2.75) is 13.0 Å². The molecule has 94 valence electrons. The third-order valence-corrected chi connectivity index (χ3v) is 3.28. The summed E-state index contributed by atoms with van der Waals surface area (Å²) in [6.45, 7) is 2.04. The smallest absolute Gasteiger partial charge is 0.123 e. The molecule has 0 radical (unpaired) electrons. The summed E-state index contributed by atoms with van der Waals surface area (Å²) in [6.07, 6.45) is 0. The second-order valence-electron chi connectivity index (χ2n) is 4.27. The van der Waals surface area contributed by atoms with Gasteiger partial charge < -0.3 is 5.32 Å². The average molecular weight is 264 g/mol. The minimum atomic E-state index is -0.226. The molecule has 0 aromatic heterocycles. The van der Waals surface area contributed by atoms with Crippen LogP contribution < -0.4 is 5.32 Å². The molecule has 1 atom stereocenters. The average Bonchev–Trinajstić information content (AvgIpc) is 2.37. The molecular weight excluding hydrogens is 249 g/mol. The molecule has 0 bridgehead atoms. The van der Waals surface area contributed by atoms with Crippen molar-refractivity contribution in [1.82, 2.24) is 5.32 Å². The fourth-order valence-electron chi connectivity index (χ4n) is 2.08. The Morgan fingerprint density at radius 1 is 1.11 bits per heavy atom. The molecule has 0 aliphatic carbocycles. The third-order valence-electron chi connectivity index (χ3n) is 3.04. The van der Waals surface area contributed by atoms with Gasteiger partial charge in [0.25, 0.3) is 0 Å². The second-order valence-corrected chi connectivity index (χ2v) is 4.71. The largest absolute Gasteiger partial charge is 0.309 e. The van der Waals surface area contributed by atoms with E-state index in [1.165, 1.54) is 12.1 Å². The molecule has 1 unspecified atom stereocenters. The quantitative estimate of drug-likeness (QED) is 0.879. The maximum absolute atomic E-state index is 13.0. The van der Waals surface area contributed by atoms with Crippen LogP contribution in [0.5, 0.6) is 0 Å². The zero-order chi connectivity index (χ0) is 13.1. The minimum absolute atomic E-state index is 0.0179. The summed E-state index contributed by atoms with van der Waals surface area (Å²) in [4.78, 5) is 0. The van der Waals surface area contributed by atoms with E-state index in [0.29, 0.717) is 5.02 Å². The lowest BCUT2D eigenvalue weighted by Gasteiger charge is -2.19. The van der Waals surface area contributed by atoms with Gasteiger partial charge in [-0.05, 0) is 54.9 Å². The Bertz CT molecular complexity index is 537. The summed E-state index contributed by atoms with van der Waals surface area (Å²) in [5, 5.41) is 3.95. The van der Waals surface area contributed by atoms with Crippen molar-refractivity contribution in [1.29, 1.82) is 0 Å². The summed E-state index contributed by atoms with van der Waals surface area (Å²) in [7, 11) is 1.88. The van der Waals surface area contributed by atoms with E-state index < -0.39 is 0 Å². The third kappa shape index (κ3) is 2.71. The molecule has 0 fully saturated rings. The van der Waals surface area contributed by atoms with Gasteiger partial charge in [0, 0.05) is 5.02 Å². The van der Waals surface area contributed by atoms with Gasteiger partial charge in [-0.2, -0.15) is 0 Å². The van der Waals surface area contributed by atoms with Gasteiger partial charge in [-0.15, -0.1) is 0 Å². The van der Waals surface area contributed by atoms with E-state index in [0.717, 1.165) is 16.7 Å². The standard InChI is InChI=1S/C15H15ClFN/c1-10-3-6-12(16)9-14(10)15(18-2)11-4-7-13(17)8-5-11/h3-9,15,18H,1-2H3. The molecule has 1 nitrogen and oxygen atoms in total. The first-order valence-electron chi connectivity index (χ1n) is 5.80. The molecule has 0 aliphatic rings. The van der Waals surface area contributed by atoms with Crippen molar-refractivity contribution >= 4 is 11.6 Å². The van der Waals surface area contributed by atoms with E-state index in [4.69, 9.17) is 11.6 Å². The Hall–Kier alpha value is -1.38. The number of halogens is 2. The monoisotopic (exact) mass is 263 g/mol. The highest BCUT2D eigenvalue weighted by atomic mass is 35.5. The first kappa shape index (κ1) is 13.1. The van der Waals surface area contributed by atoms with Crippen LogP contribution >= 0.6 is 11.6 Å². The molecule has 0 spiro atoms. The summed E-state index contributed by atoms with van der Waals surface area (Å²) in [5.41, 5.74) is 3.28. The van der Waals surface area contributed by atoms with Crippen molar-refractivity contribution in [3.8, 4) is 0 Å². The molecule has 0 heterocycles. The Balaban J connectivity index is 2.44. The van der Waals surface area contributed by atoms with Gasteiger partial charge in [0.1, 0.15) is 5.82 Å². The predicted octanol–water partition coefficient (Wildman–Crippen LogP) is 4.10. The van der Waals surface area contributed by atoms with E-state index in [1.807, 2.05) is 32.2 Å². The molecule has 1 N–H and O–H groups in total. The maximum atomic E-state index is 13.0. The fraction of sp³-hybridized carbons (Fsp3) is 0.200. The number of benzene rings is 2. The molecule has 3 heteroatoms. The van der Waals surface area contributed by atoms with Crippen molar-refractivity contribution in [2.24, 2.45) is 0 Å². The molecule has 0 amide bonds. The Morgan fingerprint density at radius 3 is 2.39 bits per heavy atom. The summed E-state index contributed by atoms with van der Waals surface area (Å²) in [6, 6.07) is 12.3. The van der Waals surface area contributed by atoms with Crippen LogP contribution in [0, 0.1) is 12.7 Å². The van der Waals surface area contributed by atoms with E-state index in [1.54, 1.807) is 12.1 Å². The Morgan fingerprint density at radius 2 is 1.78 bits per heavy atom. The van der Waals surface area contributed by atoms with Gasteiger partial charge in [-0.25, -0.2) is 4.39 Å². The Kier molecular flexibility index (Phi) is 4.00. The van der Waals surface area contributed by atoms with Crippen LogP contribution in [-0.2, 0) is 0 Å². The summed E-state index contributed by atoms with van der Waals surface area (Å²) < 4.78 is 13.0. The first-order valence-corrected chi connectivity index (χ1v) is 6.18. The first-order chi connectivity index (χ1) is 8.61. The van der Waals surface area contributed by atoms with Gasteiger partial charge in [0.2, 0.25) is 0 Å². The van der Waals surface area contributed by atoms with Crippen molar-refractivity contribution in [3.63, 3.8) is 0 Å². The number of rotatable bonds is 3.